The Bertz CT molecular complexity index is 682. The number of Topliss-reactive ketones (excluding diaryl/α,β-unsaturated/α-hetero) is 1. The van der Waals surface area contributed by atoms with Gasteiger partial charge in [-0.3, -0.25) is 4.79 Å². The lowest BCUT2D eigenvalue weighted by molar-refractivity contribution is 0.0949. The molecule has 0 aromatic heterocycles. The smallest absolute Gasteiger partial charge is 0.197 e. The van der Waals surface area contributed by atoms with Crippen molar-refractivity contribution in [2.75, 3.05) is 7.11 Å². The van der Waals surface area contributed by atoms with Gasteiger partial charge in [-0.05, 0) is 29.8 Å². The van der Waals surface area contributed by atoms with Crippen molar-refractivity contribution >= 4 is 5.78 Å². The van der Waals surface area contributed by atoms with Crippen LogP contribution < -0.4 is 4.74 Å². The predicted octanol–water partition coefficient (Wildman–Crippen LogP) is 3.30. The highest BCUT2D eigenvalue weighted by atomic mass is 19.1. The third kappa shape index (κ3) is 2.64. The highest BCUT2D eigenvalue weighted by molar-refractivity contribution is 6.01. The van der Waals surface area contributed by atoms with E-state index >= 15 is 0 Å². The molecule has 3 rings (SSSR count). The highest BCUT2D eigenvalue weighted by Gasteiger charge is 2.46. The zero-order valence-electron chi connectivity index (χ0n) is 11.2. The number of hydrogen-bond donors (Lipinski definition) is 0. The second-order valence-corrected chi connectivity index (χ2v) is 4.74. The van der Waals surface area contributed by atoms with Gasteiger partial charge in [-0.25, -0.2) is 8.78 Å². The van der Waals surface area contributed by atoms with Crippen LogP contribution in [0, 0.1) is 11.6 Å². The third-order valence-electron chi connectivity index (χ3n) is 3.39. The lowest BCUT2D eigenvalue weighted by atomic mass is 10.0. The number of carbonyl (C=O) groups is 1. The summed E-state index contributed by atoms with van der Waals surface area (Å²) in [6.45, 7) is 0. The van der Waals surface area contributed by atoms with E-state index in [1.165, 1.54) is 0 Å². The van der Waals surface area contributed by atoms with Crippen molar-refractivity contribution in [1.29, 1.82) is 0 Å². The van der Waals surface area contributed by atoms with Gasteiger partial charge in [-0.2, -0.15) is 0 Å². The van der Waals surface area contributed by atoms with Crippen molar-refractivity contribution in [3.05, 3.63) is 65.2 Å². The summed E-state index contributed by atoms with van der Waals surface area (Å²) in [7, 11) is 1.56. The molecule has 21 heavy (non-hydrogen) atoms. The molecular weight excluding hydrogens is 278 g/mol. The zero-order valence-corrected chi connectivity index (χ0v) is 11.2. The Balaban J connectivity index is 1.76. The van der Waals surface area contributed by atoms with Crippen LogP contribution in [0.5, 0.6) is 5.75 Å². The predicted molar refractivity (Wildman–Crippen MR) is 71.3 cm³/mol. The normalized spacial score (nSPS) is 20.1. The van der Waals surface area contributed by atoms with Gasteiger partial charge in [-0.1, -0.05) is 12.1 Å². The largest absolute Gasteiger partial charge is 0.497 e. The van der Waals surface area contributed by atoms with Crippen LogP contribution in [0.25, 0.3) is 0 Å². The minimum Gasteiger partial charge on any atom is -0.497 e. The molecule has 0 aliphatic carbocycles. The first-order valence-electron chi connectivity index (χ1n) is 6.39. The summed E-state index contributed by atoms with van der Waals surface area (Å²) in [5.41, 5.74) is 0.661. The maximum absolute atomic E-state index is 13.6. The van der Waals surface area contributed by atoms with Crippen molar-refractivity contribution < 1.29 is 23.0 Å². The highest BCUT2D eigenvalue weighted by Crippen LogP contribution is 2.41. The molecule has 108 valence electrons. The average Bonchev–Trinajstić information content (AvgIpc) is 3.27. The van der Waals surface area contributed by atoms with Gasteiger partial charge in [0.15, 0.2) is 11.9 Å². The summed E-state index contributed by atoms with van der Waals surface area (Å²) < 4.78 is 36.8. The van der Waals surface area contributed by atoms with Crippen LogP contribution in [0.15, 0.2) is 42.5 Å². The number of ketones is 1. The number of epoxide rings is 1. The lowest BCUT2D eigenvalue weighted by Gasteiger charge is -2.01. The molecule has 1 saturated heterocycles. The van der Waals surface area contributed by atoms with Crippen LogP contribution in [0.3, 0.4) is 0 Å². The number of ether oxygens (including phenoxy) is 2. The van der Waals surface area contributed by atoms with E-state index in [4.69, 9.17) is 9.47 Å². The number of methoxy groups -OCH3 is 1. The molecule has 3 nitrogen and oxygen atoms in total. The van der Waals surface area contributed by atoms with Crippen LogP contribution in [0.1, 0.15) is 22.0 Å². The third-order valence-corrected chi connectivity index (χ3v) is 3.39. The van der Waals surface area contributed by atoms with Crippen LogP contribution in [0.2, 0.25) is 0 Å². The SMILES string of the molecule is COc1ccc(C2OC2C(=O)c2ccc(F)cc2F)cc1. The van der Waals surface area contributed by atoms with Crippen LogP contribution in [-0.2, 0) is 4.74 Å². The van der Waals surface area contributed by atoms with Crippen molar-refractivity contribution in [2.45, 2.75) is 12.2 Å². The molecule has 0 N–H and O–H groups in total. The van der Waals surface area contributed by atoms with E-state index in [-0.39, 0.29) is 5.56 Å². The molecule has 2 aromatic carbocycles. The summed E-state index contributed by atoms with van der Waals surface area (Å²) in [5, 5.41) is 0. The molecular formula is C16H12F2O3. The molecule has 2 unspecified atom stereocenters. The van der Waals surface area contributed by atoms with E-state index in [1.807, 2.05) is 0 Å². The summed E-state index contributed by atoms with van der Waals surface area (Å²) >= 11 is 0. The summed E-state index contributed by atoms with van der Waals surface area (Å²) in [4.78, 5) is 12.1. The standard InChI is InChI=1S/C16H12F2O3/c1-20-11-5-2-9(3-6-11)15-16(21-15)14(19)12-7-4-10(17)8-13(12)18/h2-8,15-16H,1H3. The summed E-state index contributed by atoms with van der Waals surface area (Å²) in [5.74, 6) is -1.36. The molecule has 2 atom stereocenters. The molecule has 0 radical (unpaired) electrons. The number of halogens is 2. The van der Waals surface area contributed by atoms with Crippen molar-refractivity contribution in [1.82, 2.24) is 0 Å². The van der Waals surface area contributed by atoms with Crippen LogP contribution in [-0.4, -0.2) is 19.0 Å². The molecule has 0 spiro atoms. The van der Waals surface area contributed by atoms with Gasteiger partial charge in [-0.15, -0.1) is 0 Å². The van der Waals surface area contributed by atoms with Gasteiger partial charge < -0.3 is 9.47 Å². The topological polar surface area (TPSA) is 38.8 Å². The first-order chi connectivity index (χ1) is 10.1. The molecule has 2 aromatic rings. The Morgan fingerprint density at radius 1 is 1.14 bits per heavy atom. The molecule has 1 fully saturated rings. The first-order valence-corrected chi connectivity index (χ1v) is 6.39. The summed E-state index contributed by atoms with van der Waals surface area (Å²) in [6.07, 6.45) is -1.12. The summed E-state index contributed by atoms with van der Waals surface area (Å²) in [6, 6.07) is 9.99. The minimum atomic E-state index is -0.871. The first kappa shape index (κ1) is 13.7. The molecule has 1 aliphatic heterocycles. The number of benzene rings is 2. The fourth-order valence-corrected chi connectivity index (χ4v) is 2.20. The van der Waals surface area contributed by atoms with Gasteiger partial charge >= 0.3 is 0 Å². The molecule has 5 heteroatoms. The maximum Gasteiger partial charge on any atom is 0.197 e. The molecule has 1 aliphatic rings. The Labute approximate surface area is 120 Å². The number of hydrogen-bond acceptors (Lipinski definition) is 3. The van der Waals surface area contributed by atoms with E-state index in [9.17, 15) is 13.6 Å². The van der Waals surface area contributed by atoms with Gasteiger partial charge in [0.1, 0.15) is 23.5 Å². The van der Waals surface area contributed by atoms with Gasteiger partial charge in [0, 0.05) is 6.07 Å². The monoisotopic (exact) mass is 290 g/mol. The van der Waals surface area contributed by atoms with Gasteiger partial charge in [0.25, 0.3) is 0 Å². The van der Waals surface area contributed by atoms with Gasteiger partial charge in [0.05, 0.1) is 12.7 Å². The average molecular weight is 290 g/mol. The van der Waals surface area contributed by atoms with Crippen molar-refractivity contribution in [2.24, 2.45) is 0 Å². The molecule has 0 bridgehead atoms. The molecule has 0 amide bonds. The van der Waals surface area contributed by atoms with E-state index in [2.05, 4.69) is 0 Å². The fraction of sp³-hybridized carbons (Fsp3) is 0.188. The number of rotatable bonds is 4. The van der Waals surface area contributed by atoms with Crippen LogP contribution >= 0.6 is 0 Å². The minimum absolute atomic E-state index is 0.155. The Kier molecular flexibility index (Phi) is 3.43. The van der Waals surface area contributed by atoms with E-state index in [0.717, 1.165) is 17.7 Å². The quantitative estimate of drug-likeness (QED) is 0.640. The fourth-order valence-electron chi connectivity index (χ4n) is 2.20. The number of carbonyl (C=O) groups excluding carboxylic acids is 1. The second kappa shape index (κ2) is 5.26. The van der Waals surface area contributed by atoms with Crippen LogP contribution in [0.4, 0.5) is 8.78 Å². The van der Waals surface area contributed by atoms with Gasteiger partial charge in [0.2, 0.25) is 0 Å². The second-order valence-electron chi connectivity index (χ2n) is 4.74. The molecule has 1 heterocycles. The van der Waals surface area contributed by atoms with Crippen molar-refractivity contribution in [3.8, 4) is 5.75 Å². The molecule has 0 saturated carbocycles. The maximum atomic E-state index is 13.6. The Hall–Kier alpha value is -2.27. The van der Waals surface area contributed by atoms with E-state index in [0.29, 0.717) is 11.8 Å². The van der Waals surface area contributed by atoms with Crippen molar-refractivity contribution in [3.63, 3.8) is 0 Å². The van der Waals surface area contributed by atoms with E-state index < -0.39 is 29.6 Å². The Morgan fingerprint density at radius 3 is 2.48 bits per heavy atom. The zero-order chi connectivity index (χ0) is 15.0. The lowest BCUT2D eigenvalue weighted by Crippen LogP contribution is -2.10. The Morgan fingerprint density at radius 2 is 1.86 bits per heavy atom. The van der Waals surface area contributed by atoms with E-state index in [1.54, 1.807) is 31.4 Å².